The zero-order valence-electron chi connectivity index (χ0n) is 15.1. The standard InChI is InChI=1S/C20H14F4N2O3/c1-26(20(28)9-2-3-12(21)13(22)4-9)17-8-29-7-16-18(17)10-5-14(23)15(24)6-11(10)19(27)25-16/h2-6,17H,7-8H2,1H3,(H,25,27)/t17-/m0/s1. The van der Waals surface area contributed by atoms with Gasteiger partial charge in [-0.05, 0) is 35.7 Å². The van der Waals surface area contributed by atoms with Crippen LogP contribution >= 0.6 is 0 Å². The summed E-state index contributed by atoms with van der Waals surface area (Å²) in [6, 6.07) is 3.69. The minimum Gasteiger partial charge on any atom is -0.373 e. The second kappa shape index (κ2) is 7.00. The third kappa shape index (κ3) is 3.17. The van der Waals surface area contributed by atoms with E-state index in [0.717, 1.165) is 30.3 Å². The lowest BCUT2D eigenvalue weighted by atomic mass is 9.95. The molecule has 150 valence electrons. The Balaban J connectivity index is 1.84. The SMILES string of the molecule is CN(C(=O)c1ccc(F)c(F)c1)[C@H]1COCc2[nH]c(=O)c3cc(F)c(F)cc3c21. The summed E-state index contributed by atoms with van der Waals surface area (Å²) in [7, 11) is 1.42. The lowest BCUT2D eigenvalue weighted by Gasteiger charge is -2.34. The maximum Gasteiger partial charge on any atom is 0.256 e. The van der Waals surface area contributed by atoms with Gasteiger partial charge in [-0.1, -0.05) is 0 Å². The molecule has 9 heteroatoms. The number of likely N-dealkylation sites (N-methyl/N-ethyl adjacent to an activating group) is 1. The monoisotopic (exact) mass is 406 g/mol. The molecule has 0 bridgehead atoms. The molecule has 0 aliphatic carbocycles. The Kier molecular flexibility index (Phi) is 4.62. The first-order chi connectivity index (χ1) is 13.8. The van der Waals surface area contributed by atoms with Gasteiger partial charge in [-0.15, -0.1) is 0 Å². The summed E-state index contributed by atoms with van der Waals surface area (Å²) in [5.41, 5.74) is 0.0267. The van der Waals surface area contributed by atoms with Crippen LogP contribution in [-0.4, -0.2) is 29.4 Å². The molecule has 1 aromatic heterocycles. The Morgan fingerprint density at radius 3 is 2.38 bits per heavy atom. The van der Waals surface area contributed by atoms with Crippen LogP contribution in [0.5, 0.6) is 0 Å². The Morgan fingerprint density at radius 2 is 1.69 bits per heavy atom. The summed E-state index contributed by atoms with van der Waals surface area (Å²) in [5.74, 6) is -5.19. The van der Waals surface area contributed by atoms with Gasteiger partial charge in [0.2, 0.25) is 0 Å². The lowest BCUT2D eigenvalue weighted by molar-refractivity contribution is 0.0335. The number of halogens is 4. The molecular weight excluding hydrogens is 392 g/mol. The lowest BCUT2D eigenvalue weighted by Crippen LogP contribution is -2.37. The van der Waals surface area contributed by atoms with Gasteiger partial charge in [-0.3, -0.25) is 9.59 Å². The molecular formula is C20H14F4N2O3. The summed E-state index contributed by atoms with van der Waals surface area (Å²) in [5, 5.41) is 0.0871. The highest BCUT2D eigenvalue weighted by Crippen LogP contribution is 2.34. The van der Waals surface area contributed by atoms with Gasteiger partial charge in [-0.25, -0.2) is 17.6 Å². The minimum atomic E-state index is -1.17. The highest BCUT2D eigenvalue weighted by atomic mass is 19.2. The minimum absolute atomic E-state index is 0.0130. The highest BCUT2D eigenvalue weighted by molar-refractivity contribution is 5.95. The highest BCUT2D eigenvalue weighted by Gasteiger charge is 2.31. The van der Waals surface area contributed by atoms with Gasteiger partial charge >= 0.3 is 0 Å². The van der Waals surface area contributed by atoms with E-state index < -0.39 is 40.8 Å². The smallest absolute Gasteiger partial charge is 0.256 e. The fourth-order valence-electron chi connectivity index (χ4n) is 3.52. The number of carbonyl (C=O) groups is 1. The average Bonchev–Trinajstić information content (AvgIpc) is 2.70. The van der Waals surface area contributed by atoms with E-state index in [2.05, 4.69) is 4.98 Å². The molecule has 1 atom stereocenters. The Morgan fingerprint density at radius 1 is 1.03 bits per heavy atom. The van der Waals surface area contributed by atoms with E-state index in [1.165, 1.54) is 11.9 Å². The number of H-pyrrole nitrogens is 1. The van der Waals surface area contributed by atoms with Crippen LogP contribution in [0.25, 0.3) is 10.8 Å². The summed E-state index contributed by atoms with van der Waals surface area (Å²) < 4.78 is 59.7. The molecule has 1 N–H and O–H groups in total. The van der Waals surface area contributed by atoms with Gasteiger partial charge in [0.1, 0.15) is 0 Å². The third-order valence-electron chi connectivity index (χ3n) is 4.99. The van der Waals surface area contributed by atoms with Gasteiger partial charge in [0, 0.05) is 23.9 Å². The number of hydrogen-bond acceptors (Lipinski definition) is 3. The first-order valence-electron chi connectivity index (χ1n) is 8.61. The topological polar surface area (TPSA) is 62.4 Å². The summed E-state index contributed by atoms with van der Waals surface area (Å²) in [6.07, 6.45) is 0. The Hall–Kier alpha value is -3.20. The van der Waals surface area contributed by atoms with Crippen LogP contribution in [0.4, 0.5) is 17.6 Å². The molecule has 0 spiro atoms. The van der Waals surface area contributed by atoms with Gasteiger partial charge in [0.25, 0.3) is 11.5 Å². The van der Waals surface area contributed by atoms with Crippen LogP contribution in [0.2, 0.25) is 0 Å². The first kappa shape index (κ1) is 19.1. The molecule has 1 aliphatic heterocycles. The van der Waals surface area contributed by atoms with Crippen LogP contribution in [0.15, 0.2) is 35.1 Å². The van der Waals surface area contributed by atoms with Crippen molar-refractivity contribution in [3.8, 4) is 0 Å². The Bertz CT molecular complexity index is 1210. The molecule has 0 radical (unpaired) electrons. The van der Waals surface area contributed by atoms with Crippen LogP contribution in [0.1, 0.15) is 27.7 Å². The number of aromatic amines is 1. The van der Waals surface area contributed by atoms with E-state index in [-0.39, 0.29) is 29.5 Å². The van der Waals surface area contributed by atoms with Gasteiger partial charge < -0.3 is 14.6 Å². The number of nitrogens with one attached hydrogen (secondary N) is 1. The van der Waals surface area contributed by atoms with Crippen LogP contribution < -0.4 is 5.56 Å². The summed E-state index contributed by atoms with van der Waals surface area (Å²) >= 11 is 0. The van der Waals surface area contributed by atoms with Crippen molar-refractivity contribution in [2.45, 2.75) is 12.6 Å². The van der Waals surface area contributed by atoms with Crippen molar-refractivity contribution in [1.29, 1.82) is 0 Å². The molecule has 4 rings (SSSR count). The third-order valence-corrected chi connectivity index (χ3v) is 4.99. The number of aromatic nitrogens is 1. The second-order valence-corrected chi connectivity index (χ2v) is 6.73. The molecule has 0 saturated heterocycles. The number of pyridine rings is 1. The van der Waals surface area contributed by atoms with Crippen molar-refractivity contribution in [2.75, 3.05) is 13.7 Å². The second-order valence-electron chi connectivity index (χ2n) is 6.73. The normalized spacial score (nSPS) is 16.0. The molecule has 0 saturated carbocycles. The summed E-state index contributed by atoms with van der Waals surface area (Å²) in [6.45, 7) is 0.0300. The van der Waals surface area contributed by atoms with E-state index in [4.69, 9.17) is 4.74 Å². The fraction of sp³-hybridized carbons (Fsp3) is 0.200. The number of amides is 1. The number of rotatable bonds is 2. The van der Waals surface area contributed by atoms with Gasteiger partial charge in [0.15, 0.2) is 23.3 Å². The van der Waals surface area contributed by atoms with E-state index in [1.54, 1.807) is 0 Å². The molecule has 29 heavy (non-hydrogen) atoms. The molecule has 2 heterocycles. The molecule has 3 aromatic rings. The average molecular weight is 406 g/mol. The number of hydrogen-bond donors (Lipinski definition) is 1. The van der Waals surface area contributed by atoms with Crippen LogP contribution in [-0.2, 0) is 11.3 Å². The van der Waals surface area contributed by atoms with Crippen molar-refractivity contribution in [3.63, 3.8) is 0 Å². The van der Waals surface area contributed by atoms with Crippen molar-refractivity contribution >= 4 is 16.7 Å². The molecule has 5 nitrogen and oxygen atoms in total. The van der Waals surface area contributed by atoms with E-state index in [0.29, 0.717) is 11.3 Å². The predicted molar refractivity (Wildman–Crippen MR) is 95.3 cm³/mol. The van der Waals surface area contributed by atoms with Crippen molar-refractivity contribution in [2.24, 2.45) is 0 Å². The maximum absolute atomic E-state index is 13.9. The number of ether oxygens (including phenoxy) is 1. The molecule has 0 fully saturated rings. The molecule has 1 aliphatic rings. The van der Waals surface area contributed by atoms with Gasteiger partial charge in [-0.2, -0.15) is 0 Å². The Labute approximate surface area is 161 Å². The zero-order valence-corrected chi connectivity index (χ0v) is 15.1. The zero-order chi connectivity index (χ0) is 20.9. The molecule has 2 aromatic carbocycles. The number of nitrogens with zero attached hydrogens (tertiary/aromatic N) is 1. The van der Waals surface area contributed by atoms with Crippen LogP contribution in [0.3, 0.4) is 0 Å². The quantitative estimate of drug-likeness (QED) is 0.664. The predicted octanol–water partition coefficient (Wildman–Crippen LogP) is 3.43. The number of carbonyl (C=O) groups excluding carboxylic acids is 1. The molecule has 0 unspecified atom stereocenters. The van der Waals surface area contributed by atoms with E-state index >= 15 is 0 Å². The van der Waals surface area contributed by atoms with Crippen molar-refractivity contribution < 1.29 is 27.1 Å². The van der Waals surface area contributed by atoms with E-state index in [1.807, 2.05) is 0 Å². The van der Waals surface area contributed by atoms with E-state index in [9.17, 15) is 27.2 Å². The number of benzene rings is 2. The van der Waals surface area contributed by atoms with Crippen molar-refractivity contribution in [3.05, 3.63) is 80.8 Å². The summed E-state index contributed by atoms with van der Waals surface area (Å²) in [4.78, 5) is 28.9. The maximum atomic E-state index is 13.9. The van der Waals surface area contributed by atoms with Crippen LogP contribution in [0, 0.1) is 23.3 Å². The van der Waals surface area contributed by atoms with Gasteiger partial charge in [0.05, 0.1) is 24.6 Å². The van der Waals surface area contributed by atoms with Crippen molar-refractivity contribution in [1.82, 2.24) is 9.88 Å². The largest absolute Gasteiger partial charge is 0.373 e. The fourth-order valence-corrected chi connectivity index (χ4v) is 3.52. The first-order valence-corrected chi connectivity index (χ1v) is 8.61. The molecule has 1 amide bonds. The number of fused-ring (bicyclic) bond motifs is 3.